The van der Waals surface area contributed by atoms with Gasteiger partial charge in [-0.25, -0.2) is 13.4 Å². The topological polar surface area (TPSA) is 82.8 Å². The maximum Gasteiger partial charge on any atom is 0.244 e. The fraction of sp³-hybridized carbons (Fsp3) is 0.111. The van der Waals surface area contributed by atoms with Gasteiger partial charge in [-0.05, 0) is 12.1 Å². The average Bonchev–Trinajstić information content (AvgIpc) is 2.26. The fourth-order valence-corrected chi connectivity index (χ4v) is 1.95. The number of terminal acetylenes is 1. The monoisotopic (exact) mass is 221 g/mol. The van der Waals surface area contributed by atoms with Crippen molar-refractivity contribution in [1.29, 1.82) is 5.26 Å². The van der Waals surface area contributed by atoms with E-state index in [1.807, 2.05) is 0 Å². The first-order valence-electron chi connectivity index (χ1n) is 3.90. The Bertz CT molecular complexity index is 537. The number of rotatable bonds is 3. The number of sulfonamides is 1. The maximum absolute atomic E-state index is 11.6. The van der Waals surface area contributed by atoms with Gasteiger partial charge in [0.2, 0.25) is 10.0 Å². The third-order valence-corrected chi connectivity index (χ3v) is 2.96. The van der Waals surface area contributed by atoms with Gasteiger partial charge in [0.1, 0.15) is 11.0 Å². The van der Waals surface area contributed by atoms with Crippen LogP contribution in [-0.2, 0) is 10.0 Å². The van der Waals surface area contributed by atoms with Crippen molar-refractivity contribution >= 4 is 10.0 Å². The van der Waals surface area contributed by atoms with E-state index in [-0.39, 0.29) is 17.1 Å². The predicted octanol–water partition coefficient (Wildman–Crippen LogP) is -0.135. The minimum absolute atomic E-state index is 0.123. The van der Waals surface area contributed by atoms with Crippen LogP contribution in [0.3, 0.4) is 0 Å². The fourth-order valence-electron chi connectivity index (χ4n) is 0.906. The second-order valence-electron chi connectivity index (χ2n) is 2.49. The van der Waals surface area contributed by atoms with Gasteiger partial charge in [0.05, 0.1) is 6.54 Å². The van der Waals surface area contributed by atoms with Crippen LogP contribution >= 0.6 is 0 Å². The number of aromatic nitrogens is 1. The summed E-state index contributed by atoms with van der Waals surface area (Å²) < 4.78 is 25.3. The van der Waals surface area contributed by atoms with Crippen LogP contribution in [0.4, 0.5) is 0 Å². The molecule has 0 fully saturated rings. The minimum Gasteiger partial charge on any atom is -0.244 e. The standard InChI is InChI=1S/C9H7N3O2S/c1-2-5-12-15(13,14)9-4-3-6-11-8(9)7-10/h1,3-4,6,12H,5H2. The molecular formula is C9H7N3O2S. The molecule has 76 valence electrons. The summed E-state index contributed by atoms with van der Waals surface area (Å²) in [5.41, 5.74) is -0.151. The minimum atomic E-state index is -3.74. The summed E-state index contributed by atoms with van der Waals surface area (Å²) in [6.45, 7) is -0.123. The largest absolute Gasteiger partial charge is 0.244 e. The van der Waals surface area contributed by atoms with E-state index >= 15 is 0 Å². The van der Waals surface area contributed by atoms with Crippen LogP contribution in [0.15, 0.2) is 23.2 Å². The molecule has 1 aromatic heterocycles. The zero-order chi connectivity index (χ0) is 11.3. The number of hydrogen-bond donors (Lipinski definition) is 1. The molecule has 5 nitrogen and oxygen atoms in total. The summed E-state index contributed by atoms with van der Waals surface area (Å²) in [5.74, 6) is 2.14. The number of pyridine rings is 1. The molecule has 1 aromatic rings. The summed E-state index contributed by atoms with van der Waals surface area (Å²) in [4.78, 5) is 3.48. The van der Waals surface area contributed by atoms with Gasteiger partial charge in [-0.2, -0.15) is 9.98 Å². The lowest BCUT2D eigenvalue weighted by molar-refractivity contribution is 0.585. The highest BCUT2D eigenvalue weighted by Gasteiger charge is 2.17. The van der Waals surface area contributed by atoms with Crippen molar-refractivity contribution in [3.05, 3.63) is 24.0 Å². The molecule has 0 aromatic carbocycles. The van der Waals surface area contributed by atoms with E-state index in [2.05, 4.69) is 15.6 Å². The van der Waals surface area contributed by atoms with E-state index in [0.29, 0.717) is 0 Å². The summed E-state index contributed by atoms with van der Waals surface area (Å²) in [7, 11) is -3.74. The molecule has 15 heavy (non-hydrogen) atoms. The van der Waals surface area contributed by atoms with Gasteiger partial charge in [0.15, 0.2) is 5.69 Å². The predicted molar refractivity (Wildman–Crippen MR) is 53.0 cm³/mol. The third-order valence-electron chi connectivity index (χ3n) is 1.53. The second-order valence-corrected chi connectivity index (χ2v) is 4.23. The van der Waals surface area contributed by atoms with E-state index in [4.69, 9.17) is 11.7 Å². The summed E-state index contributed by atoms with van der Waals surface area (Å²) >= 11 is 0. The van der Waals surface area contributed by atoms with Gasteiger partial charge in [0.25, 0.3) is 0 Å². The van der Waals surface area contributed by atoms with Crippen LogP contribution < -0.4 is 4.72 Å². The van der Waals surface area contributed by atoms with Crippen LogP contribution in [0.2, 0.25) is 0 Å². The van der Waals surface area contributed by atoms with Crippen LogP contribution in [0.5, 0.6) is 0 Å². The van der Waals surface area contributed by atoms with Crippen molar-refractivity contribution in [2.75, 3.05) is 6.54 Å². The van der Waals surface area contributed by atoms with E-state index in [9.17, 15) is 8.42 Å². The van der Waals surface area contributed by atoms with Crippen LogP contribution in [-0.4, -0.2) is 19.9 Å². The number of nitriles is 1. The van der Waals surface area contributed by atoms with Gasteiger partial charge >= 0.3 is 0 Å². The van der Waals surface area contributed by atoms with Crippen molar-refractivity contribution in [2.45, 2.75) is 4.90 Å². The quantitative estimate of drug-likeness (QED) is 0.720. The van der Waals surface area contributed by atoms with E-state index in [1.54, 1.807) is 6.07 Å². The Morgan fingerprint density at radius 1 is 1.60 bits per heavy atom. The zero-order valence-electron chi connectivity index (χ0n) is 7.64. The summed E-state index contributed by atoms with van der Waals surface area (Å²) in [6.07, 6.45) is 6.27. The third kappa shape index (κ3) is 2.53. The molecule has 1 N–H and O–H groups in total. The van der Waals surface area contributed by atoms with Gasteiger partial charge in [-0.15, -0.1) is 6.42 Å². The molecule has 0 aliphatic rings. The van der Waals surface area contributed by atoms with Gasteiger partial charge < -0.3 is 0 Å². The molecule has 6 heteroatoms. The van der Waals surface area contributed by atoms with Crippen LogP contribution in [0.25, 0.3) is 0 Å². The van der Waals surface area contributed by atoms with Crippen LogP contribution in [0, 0.1) is 23.7 Å². The SMILES string of the molecule is C#CCNS(=O)(=O)c1cccnc1C#N. The molecule has 0 aliphatic heterocycles. The lowest BCUT2D eigenvalue weighted by Crippen LogP contribution is -2.25. The Morgan fingerprint density at radius 2 is 2.33 bits per heavy atom. The molecule has 0 unspecified atom stereocenters. The molecule has 0 saturated carbocycles. The molecular weight excluding hydrogens is 214 g/mol. The molecule has 1 rings (SSSR count). The maximum atomic E-state index is 11.6. The first kappa shape index (κ1) is 11.2. The number of nitrogens with one attached hydrogen (secondary N) is 1. The number of nitrogens with zero attached hydrogens (tertiary/aromatic N) is 2. The van der Waals surface area contributed by atoms with Crippen molar-refractivity contribution < 1.29 is 8.42 Å². The lowest BCUT2D eigenvalue weighted by atomic mass is 10.4. The van der Waals surface area contributed by atoms with Crippen molar-refractivity contribution in [3.8, 4) is 18.4 Å². The molecule has 0 radical (unpaired) electrons. The highest BCUT2D eigenvalue weighted by molar-refractivity contribution is 7.89. The van der Waals surface area contributed by atoms with Gasteiger partial charge in [-0.3, -0.25) is 0 Å². The average molecular weight is 221 g/mol. The van der Waals surface area contributed by atoms with E-state index in [1.165, 1.54) is 18.3 Å². The van der Waals surface area contributed by atoms with Gasteiger partial charge in [0, 0.05) is 6.20 Å². The van der Waals surface area contributed by atoms with E-state index < -0.39 is 10.0 Å². The molecule has 0 amide bonds. The van der Waals surface area contributed by atoms with Crippen molar-refractivity contribution in [1.82, 2.24) is 9.71 Å². The molecule has 0 atom stereocenters. The van der Waals surface area contributed by atoms with Crippen molar-refractivity contribution in [2.24, 2.45) is 0 Å². The highest BCUT2D eigenvalue weighted by Crippen LogP contribution is 2.10. The summed E-state index contributed by atoms with van der Waals surface area (Å²) in [6, 6.07) is 4.43. The first-order chi connectivity index (χ1) is 7.11. The molecule has 0 bridgehead atoms. The highest BCUT2D eigenvalue weighted by atomic mass is 32.2. The van der Waals surface area contributed by atoms with Crippen LogP contribution in [0.1, 0.15) is 5.69 Å². The Hall–Kier alpha value is -1.89. The zero-order valence-corrected chi connectivity index (χ0v) is 8.45. The lowest BCUT2D eigenvalue weighted by Gasteiger charge is -2.04. The second kappa shape index (κ2) is 4.56. The first-order valence-corrected chi connectivity index (χ1v) is 5.38. The van der Waals surface area contributed by atoms with E-state index in [0.717, 1.165) is 0 Å². The Kier molecular flexibility index (Phi) is 3.40. The van der Waals surface area contributed by atoms with Gasteiger partial charge in [-0.1, -0.05) is 5.92 Å². The Balaban J connectivity index is 3.18. The molecule has 0 saturated heterocycles. The smallest absolute Gasteiger partial charge is 0.244 e. The molecule has 1 heterocycles. The Morgan fingerprint density at radius 3 is 2.93 bits per heavy atom. The number of hydrogen-bond acceptors (Lipinski definition) is 4. The Labute approximate surface area is 87.8 Å². The normalized spacial score (nSPS) is 10.3. The summed E-state index contributed by atoms with van der Waals surface area (Å²) in [5, 5.41) is 8.66. The molecule has 0 spiro atoms. The van der Waals surface area contributed by atoms with Crippen molar-refractivity contribution in [3.63, 3.8) is 0 Å². The molecule has 0 aliphatic carbocycles.